The highest BCUT2D eigenvalue weighted by Crippen LogP contribution is 2.51. The molecule has 0 amide bonds. The van der Waals surface area contributed by atoms with Gasteiger partial charge in [0, 0.05) is 11.8 Å². The average molecular weight is 178 g/mol. The van der Waals surface area contributed by atoms with Crippen molar-refractivity contribution in [3.05, 3.63) is 0 Å². The second-order valence-corrected chi connectivity index (χ2v) is 5.56. The number of carbonyl (C=O) groups is 1. The number of carbonyl (C=O) groups excluding carboxylic acids is 1. The number of Topliss-reactive ketones (excluding diaryl/α,β-unsaturated/α-hetero) is 1. The van der Waals surface area contributed by atoms with Crippen LogP contribution < -0.4 is 0 Å². The second-order valence-electron chi connectivity index (χ2n) is 5.56. The van der Waals surface area contributed by atoms with Crippen molar-refractivity contribution in [3.63, 3.8) is 0 Å². The number of hydrogen-bond acceptors (Lipinski definition) is 1. The van der Waals surface area contributed by atoms with E-state index in [1.807, 2.05) is 0 Å². The van der Waals surface area contributed by atoms with Crippen LogP contribution in [0.5, 0.6) is 0 Å². The molecule has 0 aliphatic heterocycles. The fourth-order valence-electron chi connectivity index (χ4n) is 4.15. The lowest BCUT2D eigenvalue weighted by Gasteiger charge is -2.38. The molecule has 4 saturated carbocycles. The standard InChI is InChI=1S/C12H18O/c1-7-10-3-8-2-9(4-10)6-11(5-8)12(7)13/h7-11H,2-6H2,1H3. The van der Waals surface area contributed by atoms with E-state index in [0.717, 1.165) is 17.8 Å². The molecule has 4 aliphatic rings. The Kier molecular flexibility index (Phi) is 1.59. The highest BCUT2D eigenvalue weighted by Gasteiger charge is 2.46. The third-order valence-electron chi connectivity index (χ3n) is 4.73. The van der Waals surface area contributed by atoms with Gasteiger partial charge in [-0.2, -0.15) is 0 Å². The predicted octanol–water partition coefficient (Wildman–Crippen LogP) is 2.65. The Morgan fingerprint density at radius 3 is 2.23 bits per heavy atom. The number of hydrogen-bond donors (Lipinski definition) is 0. The van der Waals surface area contributed by atoms with E-state index in [4.69, 9.17) is 0 Å². The molecule has 0 N–H and O–H groups in total. The first kappa shape index (κ1) is 8.02. The van der Waals surface area contributed by atoms with Crippen molar-refractivity contribution in [1.82, 2.24) is 0 Å². The van der Waals surface area contributed by atoms with Crippen LogP contribution in [0.1, 0.15) is 39.0 Å². The van der Waals surface area contributed by atoms with Crippen LogP contribution in [0.15, 0.2) is 0 Å². The lowest BCUT2D eigenvalue weighted by molar-refractivity contribution is -0.127. The summed E-state index contributed by atoms with van der Waals surface area (Å²) in [5.41, 5.74) is 0. The van der Waals surface area contributed by atoms with Gasteiger partial charge in [-0.15, -0.1) is 0 Å². The van der Waals surface area contributed by atoms with Crippen LogP contribution in [-0.4, -0.2) is 5.78 Å². The van der Waals surface area contributed by atoms with Gasteiger partial charge in [-0.1, -0.05) is 6.92 Å². The van der Waals surface area contributed by atoms with Crippen molar-refractivity contribution in [2.75, 3.05) is 0 Å². The predicted molar refractivity (Wildman–Crippen MR) is 51.2 cm³/mol. The van der Waals surface area contributed by atoms with Crippen LogP contribution >= 0.6 is 0 Å². The first-order valence-corrected chi connectivity index (χ1v) is 5.77. The molecule has 0 aromatic heterocycles. The number of rotatable bonds is 0. The van der Waals surface area contributed by atoms with Crippen molar-refractivity contribution >= 4 is 5.78 Å². The van der Waals surface area contributed by atoms with Crippen LogP contribution in [-0.2, 0) is 4.79 Å². The van der Waals surface area contributed by atoms with E-state index in [0.29, 0.717) is 17.6 Å². The SMILES string of the molecule is CC1C(=O)C2CC3CC(C2)CC1C3. The summed E-state index contributed by atoms with van der Waals surface area (Å²) in [5.74, 6) is 4.04. The first-order valence-electron chi connectivity index (χ1n) is 5.77. The zero-order valence-electron chi connectivity index (χ0n) is 8.33. The highest BCUT2D eigenvalue weighted by molar-refractivity contribution is 5.84. The Balaban J connectivity index is 1.98. The van der Waals surface area contributed by atoms with Crippen molar-refractivity contribution in [2.24, 2.45) is 29.6 Å². The summed E-state index contributed by atoms with van der Waals surface area (Å²) in [6.45, 7) is 2.18. The summed E-state index contributed by atoms with van der Waals surface area (Å²) in [5, 5.41) is 0. The lowest BCUT2D eigenvalue weighted by atomic mass is 9.67. The van der Waals surface area contributed by atoms with Crippen molar-refractivity contribution < 1.29 is 4.79 Å². The molecule has 1 heteroatoms. The van der Waals surface area contributed by atoms with Gasteiger partial charge < -0.3 is 0 Å². The van der Waals surface area contributed by atoms with E-state index in [9.17, 15) is 4.79 Å². The molecule has 4 aliphatic carbocycles. The molecule has 0 heterocycles. The summed E-state index contributed by atoms with van der Waals surface area (Å²) in [6, 6.07) is 0. The normalized spacial score (nSPS) is 53.9. The Morgan fingerprint density at radius 2 is 1.62 bits per heavy atom. The zero-order valence-corrected chi connectivity index (χ0v) is 8.33. The fraction of sp³-hybridized carbons (Fsp3) is 0.917. The third-order valence-corrected chi connectivity index (χ3v) is 4.73. The zero-order chi connectivity index (χ0) is 9.00. The van der Waals surface area contributed by atoms with Crippen LogP contribution in [0.25, 0.3) is 0 Å². The average Bonchev–Trinajstić information content (AvgIpc) is 2.23. The monoisotopic (exact) mass is 178 g/mol. The van der Waals surface area contributed by atoms with Crippen LogP contribution in [0.4, 0.5) is 0 Å². The largest absolute Gasteiger partial charge is 0.299 e. The molecular formula is C12H18O. The maximum atomic E-state index is 12.0. The molecule has 0 aromatic carbocycles. The Bertz CT molecular complexity index is 232. The fourth-order valence-corrected chi connectivity index (χ4v) is 4.15. The van der Waals surface area contributed by atoms with Gasteiger partial charge in [0.25, 0.3) is 0 Å². The number of ketones is 1. The maximum Gasteiger partial charge on any atom is 0.139 e. The van der Waals surface area contributed by atoms with Gasteiger partial charge >= 0.3 is 0 Å². The van der Waals surface area contributed by atoms with E-state index in [2.05, 4.69) is 6.92 Å². The Morgan fingerprint density at radius 1 is 1.00 bits per heavy atom. The molecular weight excluding hydrogens is 160 g/mol. The minimum absolute atomic E-state index is 0.389. The van der Waals surface area contributed by atoms with E-state index in [-0.39, 0.29) is 0 Å². The molecule has 4 bridgehead atoms. The second kappa shape index (κ2) is 2.59. The van der Waals surface area contributed by atoms with Gasteiger partial charge in [-0.3, -0.25) is 4.79 Å². The summed E-state index contributed by atoms with van der Waals surface area (Å²) < 4.78 is 0. The summed E-state index contributed by atoms with van der Waals surface area (Å²) in [6.07, 6.45) is 6.62. The van der Waals surface area contributed by atoms with Crippen LogP contribution in [0, 0.1) is 29.6 Å². The van der Waals surface area contributed by atoms with Gasteiger partial charge in [-0.25, -0.2) is 0 Å². The van der Waals surface area contributed by atoms with Crippen molar-refractivity contribution in [1.29, 1.82) is 0 Å². The molecule has 0 radical (unpaired) electrons. The summed E-state index contributed by atoms with van der Waals surface area (Å²) in [4.78, 5) is 12.0. The maximum absolute atomic E-state index is 12.0. The topological polar surface area (TPSA) is 17.1 Å². The van der Waals surface area contributed by atoms with Crippen molar-refractivity contribution in [3.8, 4) is 0 Å². The summed E-state index contributed by atoms with van der Waals surface area (Å²) >= 11 is 0. The van der Waals surface area contributed by atoms with Gasteiger partial charge in [0.05, 0.1) is 0 Å². The van der Waals surface area contributed by atoms with Crippen LogP contribution in [0.3, 0.4) is 0 Å². The molecule has 13 heavy (non-hydrogen) atoms. The molecule has 0 aromatic rings. The molecule has 72 valence electrons. The van der Waals surface area contributed by atoms with E-state index in [1.165, 1.54) is 32.1 Å². The quantitative estimate of drug-likeness (QED) is 0.557. The Labute approximate surface area is 79.9 Å². The molecule has 4 rings (SSSR count). The molecule has 0 saturated heterocycles. The van der Waals surface area contributed by atoms with E-state index >= 15 is 0 Å². The number of fused-ring (bicyclic) bond motifs is 1. The molecule has 3 unspecified atom stereocenters. The van der Waals surface area contributed by atoms with E-state index in [1.54, 1.807) is 0 Å². The highest BCUT2D eigenvalue weighted by atomic mass is 16.1. The third kappa shape index (κ3) is 1.09. The molecule has 4 fully saturated rings. The van der Waals surface area contributed by atoms with Gasteiger partial charge in [0.15, 0.2) is 0 Å². The smallest absolute Gasteiger partial charge is 0.139 e. The minimum Gasteiger partial charge on any atom is -0.299 e. The lowest BCUT2D eigenvalue weighted by Crippen LogP contribution is -2.28. The van der Waals surface area contributed by atoms with E-state index < -0.39 is 0 Å². The molecule has 3 atom stereocenters. The first-order chi connectivity index (χ1) is 6.24. The molecule has 1 nitrogen and oxygen atoms in total. The molecule has 0 spiro atoms. The van der Waals surface area contributed by atoms with Gasteiger partial charge in [0.2, 0.25) is 0 Å². The Hall–Kier alpha value is -0.330. The minimum atomic E-state index is 0.389. The van der Waals surface area contributed by atoms with Crippen LogP contribution in [0.2, 0.25) is 0 Å². The van der Waals surface area contributed by atoms with Gasteiger partial charge in [0.1, 0.15) is 5.78 Å². The van der Waals surface area contributed by atoms with Gasteiger partial charge in [-0.05, 0) is 49.9 Å². The van der Waals surface area contributed by atoms with Crippen molar-refractivity contribution in [2.45, 2.75) is 39.0 Å². The summed E-state index contributed by atoms with van der Waals surface area (Å²) in [7, 11) is 0.